The molecule has 3 rings (SSSR count). The minimum Gasteiger partial charge on any atom is -0.508 e. The average Bonchev–Trinajstić information content (AvgIpc) is 2.63. The van der Waals surface area contributed by atoms with E-state index in [1.54, 1.807) is 6.07 Å². The van der Waals surface area contributed by atoms with Crippen LogP contribution in [0.1, 0.15) is 22.3 Å². The quantitative estimate of drug-likeness (QED) is 0.686. The molecular formula is C22H24N2O. The van der Waals surface area contributed by atoms with Crippen LogP contribution in [0.4, 0.5) is 0 Å². The molecule has 3 nitrogen and oxygen atoms in total. The van der Waals surface area contributed by atoms with E-state index in [1.165, 1.54) is 11.1 Å². The fraction of sp³-hybridized carbons (Fsp3) is 0.182. The molecule has 128 valence electrons. The summed E-state index contributed by atoms with van der Waals surface area (Å²) in [6, 6.07) is 26.4. The smallest absolute Gasteiger partial charge is 0.115 e. The van der Waals surface area contributed by atoms with Gasteiger partial charge in [0.2, 0.25) is 0 Å². The second-order valence-corrected chi connectivity index (χ2v) is 6.32. The minimum atomic E-state index is 0.310. The SMILES string of the molecule is NCc1ccc(CN(Cc2ccccc2)Cc2cccc(O)c2)cc1. The van der Waals surface area contributed by atoms with Crippen molar-refractivity contribution in [2.45, 2.75) is 26.2 Å². The molecule has 0 aromatic heterocycles. The highest BCUT2D eigenvalue weighted by Crippen LogP contribution is 2.17. The number of phenols is 1. The molecule has 0 aliphatic carbocycles. The molecule has 0 fully saturated rings. The number of aromatic hydroxyl groups is 1. The zero-order valence-corrected chi connectivity index (χ0v) is 14.3. The Kier molecular flexibility index (Phi) is 5.83. The molecule has 0 bridgehead atoms. The van der Waals surface area contributed by atoms with E-state index >= 15 is 0 Å². The lowest BCUT2D eigenvalue weighted by Gasteiger charge is -2.23. The third-order valence-electron chi connectivity index (χ3n) is 4.23. The first-order valence-electron chi connectivity index (χ1n) is 8.55. The molecule has 0 saturated heterocycles. The molecular weight excluding hydrogens is 308 g/mol. The van der Waals surface area contributed by atoms with Crippen molar-refractivity contribution in [3.05, 3.63) is 101 Å². The summed E-state index contributed by atoms with van der Waals surface area (Å²) in [5.74, 6) is 0.310. The van der Waals surface area contributed by atoms with Gasteiger partial charge >= 0.3 is 0 Å². The maximum absolute atomic E-state index is 9.73. The number of rotatable bonds is 7. The molecule has 3 N–H and O–H groups in total. The van der Waals surface area contributed by atoms with Gasteiger partial charge in [0.15, 0.2) is 0 Å². The summed E-state index contributed by atoms with van der Waals surface area (Å²) < 4.78 is 0. The Hall–Kier alpha value is -2.62. The van der Waals surface area contributed by atoms with Gasteiger partial charge in [-0.1, -0.05) is 66.7 Å². The molecule has 3 aromatic carbocycles. The fourth-order valence-electron chi connectivity index (χ4n) is 2.96. The number of hydrogen-bond donors (Lipinski definition) is 2. The molecule has 3 heteroatoms. The van der Waals surface area contributed by atoms with E-state index in [2.05, 4.69) is 59.5 Å². The normalized spacial score (nSPS) is 11.0. The standard InChI is InChI=1S/C22H24N2O/c23-14-18-9-11-20(12-10-18)16-24(15-19-5-2-1-3-6-19)17-21-7-4-8-22(25)13-21/h1-13,25H,14-17,23H2. The third kappa shape index (κ3) is 5.18. The van der Waals surface area contributed by atoms with Crippen LogP contribution in [-0.2, 0) is 26.2 Å². The Morgan fingerprint density at radius 2 is 1.20 bits per heavy atom. The van der Waals surface area contributed by atoms with Gasteiger partial charge in [-0.05, 0) is 34.4 Å². The zero-order chi connectivity index (χ0) is 17.5. The number of nitrogens with zero attached hydrogens (tertiary/aromatic N) is 1. The van der Waals surface area contributed by atoms with Crippen molar-refractivity contribution in [1.82, 2.24) is 4.90 Å². The van der Waals surface area contributed by atoms with Gasteiger partial charge in [-0.15, -0.1) is 0 Å². The lowest BCUT2D eigenvalue weighted by molar-refractivity contribution is 0.247. The Labute approximate surface area is 149 Å². The van der Waals surface area contributed by atoms with Crippen LogP contribution in [0.5, 0.6) is 5.75 Å². The van der Waals surface area contributed by atoms with Crippen molar-refractivity contribution >= 4 is 0 Å². The second kappa shape index (κ2) is 8.47. The summed E-state index contributed by atoms with van der Waals surface area (Å²) in [7, 11) is 0. The van der Waals surface area contributed by atoms with Crippen LogP contribution in [0, 0.1) is 0 Å². The van der Waals surface area contributed by atoms with Crippen molar-refractivity contribution in [3.63, 3.8) is 0 Å². The van der Waals surface area contributed by atoms with Crippen molar-refractivity contribution in [1.29, 1.82) is 0 Å². The molecule has 0 unspecified atom stereocenters. The minimum absolute atomic E-state index is 0.310. The van der Waals surface area contributed by atoms with E-state index in [-0.39, 0.29) is 0 Å². The molecule has 0 aliphatic heterocycles. The van der Waals surface area contributed by atoms with Gasteiger partial charge in [-0.2, -0.15) is 0 Å². The first-order valence-corrected chi connectivity index (χ1v) is 8.55. The summed E-state index contributed by atoms with van der Waals surface area (Å²) in [5, 5.41) is 9.73. The van der Waals surface area contributed by atoms with Gasteiger partial charge in [0.05, 0.1) is 0 Å². The Morgan fingerprint density at radius 3 is 1.84 bits per heavy atom. The topological polar surface area (TPSA) is 49.5 Å². The fourth-order valence-corrected chi connectivity index (χ4v) is 2.96. The van der Waals surface area contributed by atoms with Crippen molar-refractivity contribution in [2.24, 2.45) is 5.73 Å². The lowest BCUT2D eigenvalue weighted by atomic mass is 10.1. The highest BCUT2D eigenvalue weighted by atomic mass is 16.3. The molecule has 0 saturated carbocycles. The van der Waals surface area contributed by atoms with Crippen molar-refractivity contribution < 1.29 is 5.11 Å². The van der Waals surface area contributed by atoms with Gasteiger partial charge in [-0.25, -0.2) is 0 Å². The Morgan fingerprint density at radius 1 is 0.640 bits per heavy atom. The lowest BCUT2D eigenvalue weighted by Crippen LogP contribution is -2.22. The van der Waals surface area contributed by atoms with Crippen LogP contribution in [0.3, 0.4) is 0 Å². The van der Waals surface area contributed by atoms with Crippen LogP contribution >= 0.6 is 0 Å². The van der Waals surface area contributed by atoms with Crippen LogP contribution < -0.4 is 5.73 Å². The Bertz CT molecular complexity index is 785. The molecule has 0 amide bonds. The summed E-state index contributed by atoms with van der Waals surface area (Å²) in [6.45, 7) is 3.05. The summed E-state index contributed by atoms with van der Waals surface area (Å²) in [4.78, 5) is 2.38. The van der Waals surface area contributed by atoms with Crippen LogP contribution in [-0.4, -0.2) is 10.0 Å². The monoisotopic (exact) mass is 332 g/mol. The van der Waals surface area contributed by atoms with E-state index in [0.717, 1.165) is 30.8 Å². The van der Waals surface area contributed by atoms with Crippen LogP contribution in [0.15, 0.2) is 78.9 Å². The van der Waals surface area contributed by atoms with E-state index in [0.29, 0.717) is 12.3 Å². The van der Waals surface area contributed by atoms with Gasteiger partial charge in [0.1, 0.15) is 5.75 Å². The average molecular weight is 332 g/mol. The van der Waals surface area contributed by atoms with Gasteiger partial charge < -0.3 is 10.8 Å². The maximum atomic E-state index is 9.73. The highest BCUT2D eigenvalue weighted by molar-refractivity contribution is 5.28. The van der Waals surface area contributed by atoms with Crippen LogP contribution in [0.2, 0.25) is 0 Å². The number of nitrogens with two attached hydrogens (primary N) is 1. The third-order valence-corrected chi connectivity index (χ3v) is 4.23. The molecule has 0 aliphatic rings. The molecule has 25 heavy (non-hydrogen) atoms. The number of phenolic OH excluding ortho intramolecular Hbond substituents is 1. The number of hydrogen-bond acceptors (Lipinski definition) is 3. The summed E-state index contributed by atoms with van der Waals surface area (Å²) >= 11 is 0. The molecule has 0 atom stereocenters. The highest BCUT2D eigenvalue weighted by Gasteiger charge is 2.09. The predicted molar refractivity (Wildman–Crippen MR) is 102 cm³/mol. The second-order valence-electron chi connectivity index (χ2n) is 6.32. The molecule has 0 heterocycles. The van der Waals surface area contributed by atoms with E-state index in [4.69, 9.17) is 5.73 Å². The van der Waals surface area contributed by atoms with Crippen molar-refractivity contribution in [2.75, 3.05) is 0 Å². The van der Waals surface area contributed by atoms with E-state index < -0.39 is 0 Å². The van der Waals surface area contributed by atoms with Crippen LogP contribution in [0.25, 0.3) is 0 Å². The van der Waals surface area contributed by atoms with E-state index in [9.17, 15) is 5.11 Å². The Balaban J connectivity index is 1.77. The van der Waals surface area contributed by atoms with Gasteiger partial charge in [0.25, 0.3) is 0 Å². The summed E-state index contributed by atoms with van der Waals surface area (Å²) in [5.41, 5.74) is 10.5. The first-order chi connectivity index (χ1) is 12.2. The van der Waals surface area contributed by atoms with Gasteiger partial charge in [-0.3, -0.25) is 4.90 Å². The van der Waals surface area contributed by atoms with E-state index in [1.807, 2.05) is 18.2 Å². The number of benzene rings is 3. The molecule has 0 radical (unpaired) electrons. The molecule has 3 aromatic rings. The maximum Gasteiger partial charge on any atom is 0.115 e. The first kappa shape index (κ1) is 17.2. The van der Waals surface area contributed by atoms with Gasteiger partial charge in [0, 0.05) is 26.2 Å². The summed E-state index contributed by atoms with van der Waals surface area (Å²) in [6.07, 6.45) is 0. The molecule has 0 spiro atoms. The zero-order valence-electron chi connectivity index (χ0n) is 14.3. The predicted octanol–water partition coefficient (Wildman–Crippen LogP) is 4.05. The largest absolute Gasteiger partial charge is 0.508 e. The van der Waals surface area contributed by atoms with Crippen molar-refractivity contribution in [3.8, 4) is 5.75 Å².